The molecule has 0 unspecified atom stereocenters. The lowest BCUT2D eigenvalue weighted by molar-refractivity contribution is 0.412. The van der Waals surface area contributed by atoms with Gasteiger partial charge in [0, 0.05) is 18.0 Å². The standard InChI is InChI=1S/C13H13ClN2O2/c1-8-7-15-12(14)6-11(8)16-9(2)4-10(18-3)5-13(16)17/h4-7H,1-3H3. The molecule has 0 bridgehead atoms. The molecule has 0 saturated carbocycles. The van der Waals surface area contributed by atoms with Crippen LogP contribution in [0.25, 0.3) is 5.69 Å². The van der Waals surface area contributed by atoms with E-state index in [4.69, 9.17) is 16.3 Å². The van der Waals surface area contributed by atoms with Gasteiger partial charge in [-0.15, -0.1) is 0 Å². The Morgan fingerprint density at radius 2 is 2.00 bits per heavy atom. The summed E-state index contributed by atoms with van der Waals surface area (Å²) in [5.41, 5.74) is 2.25. The Bertz CT molecular complexity index is 650. The van der Waals surface area contributed by atoms with Crippen LogP contribution in [0.2, 0.25) is 5.15 Å². The molecule has 5 heteroatoms. The molecule has 0 saturated heterocycles. The van der Waals surface area contributed by atoms with Gasteiger partial charge in [0.15, 0.2) is 0 Å². The van der Waals surface area contributed by atoms with Gasteiger partial charge in [0.2, 0.25) is 0 Å². The first-order valence-electron chi connectivity index (χ1n) is 5.43. The lowest BCUT2D eigenvalue weighted by atomic mass is 10.2. The summed E-state index contributed by atoms with van der Waals surface area (Å²) in [7, 11) is 1.53. The molecule has 2 aromatic heterocycles. The Balaban J connectivity index is 2.71. The van der Waals surface area contributed by atoms with Gasteiger partial charge >= 0.3 is 0 Å². The van der Waals surface area contributed by atoms with Gasteiger partial charge in [-0.1, -0.05) is 11.6 Å². The smallest absolute Gasteiger partial charge is 0.259 e. The molecule has 0 radical (unpaired) electrons. The summed E-state index contributed by atoms with van der Waals surface area (Å²) < 4.78 is 6.66. The molecule has 4 nitrogen and oxygen atoms in total. The van der Waals surface area contributed by atoms with E-state index in [-0.39, 0.29) is 5.56 Å². The third-order valence-corrected chi connectivity index (χ3v) is 2.91. The second kappa shape index (κ2) is 4.82. The first kappa shape index (κ1) is 12.6. The van der Waals surface area contributed by atoms with Crippen LogP contribution < -0.4 is 10.3 Å². The van der Waals surface area contributed by atoms with E-state index in [1.807, 2.05) is 13.8 Å². The van der Waals surface area contributed by atoms with Gasteiger partial charge in [0.25, 0.3) is 5.56 Å². The molecule has 0 aliphatic rings. The highest BCUT2D eigenvalue weighted by Crippen LogP contribution is 2.19. The maximum Gasteiger partial charge on any atom is 0.259 e. The third kappa shape index (κ3) is 2.24. The van der Waals surface area contributed by atoms with Crippen molar-refractivity contribution in [2.75, 3.05) is 7.11 Å². The molecule has 0 atom stereocenters. The van der Waals surface area contributed by atoms with Crippen molar-refractivity contribution in [1.29, 1.82) is 0 Å². The van der Waals surface area contributed by atoms with Crippen molar-refractivity contribution in [3.63, 3.8) is 0 Å². The van der Waals surface area contributed by atoms with Crippen LogP contribution in [0, 0.1) is 13.8 Å². The first-order chi connectivity index (χ1) is 8.52. The number of ether oxygens (including phenoxy) is 1. The summed E-state index contributed by atoms with van der Waals surface area (Å²) in [6, 6.07) is 4.92. The summed E-state index contributed by atoms with van der Waals surface area (Å²) in [5.74, 6) is 0.548. The fraction of sp³-hybridized carbons (Fsp3) is 0.231. The van der Waals surface area contributed by atoms with Gasteiger partial charge in [-0.25, -0.2) is 4.98 Å². The normalized spacial score (nSPS) is 10.4. The van der Waals surface area contributed by atoms with Crippen molar-refractivity contribution >= 4 is 11.6 Å². The SMILES string of the molecule is COc1cc(C)n(-c2cc(Cl)ncc2C)c(=O)c1. The molecule has 0 aliphatic heterocycles. The number of rotatable bonds is 2. The van der Waals surface area contributed by atoms with E-state index in [9.17, 15) is 4.79 Å². The molecular weight excluding hydrogens is 252 g/mol. The number of pyridine rings is 2. The van der Waals surface area contributed by atoms with Crippen molar-refractivity contribution in [1.82, 2.24) is 9.55 Å². The predicted octanol–water partition coefficient (Wildman–Crippen LogP) is 2.51. The van der Waals surface area contributed by atoms with Crippen molar-refractivity contribution < 1.29 is 4.74 Å². The Kier molecular flexibility index (Phi) is 3.39. The number of hydrogen-bond acceptors (Lipinski definition) is 3. The van der Waals surface area contributed by atoms with Crippen molar-refractivity contribution in [2.24, 2.45) is 0 Å². The Morgan fingerprint density at radius 1 is 1.28 bits per heavy atom. The second-order valence-corrected chi connectivity index (χ2v) is 4.39. The minimum Gasteiger partial charge on any atom is -0.496 e. The van der Waals surface area contributed by atoms with Gasteiger partial charge < -0.3 is 4.74 Å². The van der Waals surface area contributed by atoms with E-state index >= 15 is 0 Å². The Labute approximate surface area is 110 Å². The van der Waals surface area contributed by atoms with E-state index < -0.39 is 0 Å². The van der Waals surface area contributed by atoms with Crippen molar-refractivity contribution in [3.8, 4) is 11.4 Å². The lowest BCUT2D eigenvalue weighted by Gasteiger charge is -2.13. The van der Waals surface area contributed by atoms with Crippen molar-refractivity contribution in [2.45, 2.75) is 13.8 Å². The summed E-state index contributed by atoms with van der Waals surface area (Å²) in [6.07, 6.45) is 1.65. The predicted molar refractivity (Wildman–Crippen MR) is 70.9 cm³/mol. The molecule has 0 amide bonds. The molecular formula is C13H13ClN2O2. The van der Waals surface area contributed by atoms with E-state index in [2.05, 4.69) is 4.98 Å². The monoisotopic (exact) mass is 264 g/mol. The number of aryl methyl sites for hydroxylation is 2. The fourth-order valence-corrected chi connectivity index (χ4v) is 1.98. The van der Waals surface area contributed by atoms with Crippen LogP contribution in [0.4, 0.5) is 0 Å². The van der Waals surface area contributed by atoms with Crippen LogP contribution in [0.3, 0.4) is 0 Å². The fourth-order valence-electron chi connectivity index (χ4n) is 1.83. The van der Waals surface area contributed by atoms with Crippen LogP contribution in [0.15, 0.2) is 29.2 Å². The van der Waals surface area contributed by atoms with Gasteiger partial charge in [0.05, 0.1) is 12.8 Å². The molecule has 2 heterocycles. The van der Waals surface area contributed by atoms with Gasteiger partial charge in [-0.3, -0.25) is 9.36 Å². The average molecular weight is 265 g/mol. The molecule has 0 aliphatic carbocycles. The van der Waals surface area contributed by atoms with Gasteiger partial charge in [0.1, 0.15) is 10.9 Å². The minimum atomic E-state index is -0.155. The summed E-state index contributed by atoms with van der Waals surface area (Å²) in [5, 5.41) is 0.359. The highest BCUT2D eigenvalue weighted by molar-refractivity contribution is 6.29. The molecule has 18 heavy (non-hydrogen) atoms. The third-order valence-electron chi connectivity index (χ3n) is 2.71. The summed E-state index contributed by atoms with van der Waals surface area (Å²) >= 11 is 5.88. The molecule has 0 spiro atoms. The highest BCUT2D eigenvalue weighted by atomic mass is 35.5. The van der Waals surface area contributed by atoms with Crippen molar-refractivity contribution in [3.05, 3.63) is 51.2 Å². The first-order valence-corrected chi connectivity index (χ1v) is 5.81. The number of methoxy groups -OCH3 is 1. The molecule has 2 aromatic rings. The van der Waals surface area contributed by atoms with E-state index in [1.54, 1.807) is 22.9 Å². The van der Waals surface area contributed by atoms with Crippen LogP contribution in [0.1, 0.15) is 11.3 Å². The molecule has 0 aromatic carbocycles. The second-order valence-electron chi connectivity index (χ2n) is 4.00. The summed E-state index contributed by atoms with van der Waals surface area (Å²) in [6.45, 7) is 3.73. The van der Waals surface area contributed by atoms with E-state index in [1.165, 1.54) is 13.2 Å². The minimum absolute atomic E-state index is 0.155. The zero-order valence-electron chi connectivity index (χ0n) is 10.4. The van der Waals surface area contributed by atoms with Crippen LogP contribution >= 0.6 is 11.6 Å². The largest absolute Gasteiger partial charge is 0.496 e. The number of halogens is 1. The summed E-state index contributed by atoms with van der Waals surface area (Å²) in [4.78, 5) is 16.1. The van der Waals surface area contributed by atoms with Gasteiger partial charge in [-0.05, 0) is 31.5 Å². The number of nitrogens with zero attached hydrogens (tertiary/aromatic N) is 2. The topological polar surface area (TPSA) is 44.1 Å². The highest BCUT2D eigenvalue weighted by Gasteiger charge is 2.09. The quantitative estimate of drug-likeness (QED) is 0.783. The van der Waals surface area contributed by atoms with Crippen LogP contribution in [-0.4, -0.2) is 16.7 Å². The molecule has 94 valence electrons. The zero-order chi connectivity index (χ0) is 13.3. The molecule has 0 N–H and O–H groups in total. The lowest BCUT2D eigenvalue weighted by Crippen LogP contribution is -2.20. The van der Waals surface area contributed by atoms with Crippen LogP contribution in [-0.2, 0) is 0 Å². The van der Waals surface area contributed by atoms with E-state index in [0.29, 0.717) is 10.9 Å². The number of hydrogen-bond donors (Lipinski definition) is 0. The average Bonchev–Trinajstić information content (AvgIpc) is 2.32. The molecule has 2 rings (SSSR count). The van der Waals surface area contributed by atoms with Gasteiger partial charge in [-0.2, -0.15) is 0 Å². The maximum absolute atomic E-state index is 12.1. The Morgan fingerprint density at radius 3 is 2.61 bits per heavy atom. The zero-order valence-corrected chi connectivity index (χ0v) is 11.2. The maximum atomic E-state index is 12.1. The Hall–Kier alpha value is -1.81. The number of aromatic nitrogens is 2. The van der Waals surface area contributed by atoms with E-state index in [0.717, 1.165) is 16.9 Å². The van der Waals surface area contributed by atoms with Crippen LogP contribution in [0.5, 0.6) is 5.75 Å². The molecule has 0 fully saturated rings.